The Balaban J connectivity index is -0.0000000226. The second-order valence-electron chi connectivity index (χ2n) is 9.58. The number of carbonyl (C=O) groups is 8. The quantitative estimate of drug-likeness (QED) is 0.164. The smallest absolute Gasteiger partial charge is 0.550 e. The molecule has 0 fully saturated rings. The second kappa shape index (κ2) is 187. The molecule has 0 aromatic heterocycles. The van der Waals surface area contributed by atoms with Gasteiger partial charge in [-0.15, -0.1) is 0 Å². The maximum Gasteiger partial charge on any atom is 7.00 e. The van der Waals surface area contributed by atoms with Crippen LogP contribution in [0.25, 0.3) is 0 Å². The van der Waals surface area contributed by atoms with E-state index in [1.165, 1.54) is 51.4 Å². The standard InChI is InChI=1S/C16H36P.8C2H4O2.10CO.Re/c1-5-9-13-17(14-10-6-2,15-11-7-3)16-12-8-4;8*1-2(3)4;10*1-2;/h5-16H2,1-4H3;8*1H3,(H,3,4);;;;;;;;;;;/q+1;;;;;;;;;;;;;;;;;;;+7/p-8. The molecule has 0 N–H and O–H groups in total. The van der Waals surface area contributed by atoms with Gasteiger partial charge in [-0.2, -0.15) is 0 Å². The average molecular weight is 1200 g/mol. The Bertz CT molecular complexity index is 749. The molecule has 70 heavy (non-hydrogen) atoms. The third-order valence-electron chi connectivity index (χ3n) is 3.94. The summed E-state index contributed by atoms with van der Waals surface area (Å²) in [4.78, 5) is 146. The van der Waals surface area contributed by atoms with Gasteiger partial charge in [0.25, 0.3) is 67.9 Å². The fourth-order valence-electron chi connectivity index (χ4n) is 2.64. The van der Waals surface area contributed by atoms with Crippen molar-refractivity contribution >= 4 is 123 Å². The maximum absolute atomic E-state index is 8.89. The summed E-state index contributed by atoms with van der Waals surface area (Å²) in [6.07, 6.45) is 17.9. The van der Waals surface area contributed by atoms with Gasteiger partial charge in [0, 0.05) is 55.0 Å². The van der Waals surface area contributed by atoms with Crippen LogP contribution >= 0.6 is 7.26 Å². The molecular formula is C42H60O26PRe. The van der Waals surface area contributed by atoms with Crippen molar-refractivity contribution in [2.24, 2.45) is 0 Å². The average Bonchev–Trinajstić information content (AvgIpc) is 3.28. The zero-order valence-corrected chi connectivity index (χ0v) is 44.5. The van der Waals surface area contributed by atoms with E-state index in [0.717, 1.165) is 55.4 Å². The number of carbonyl (C=O) groups excluding carboxylic acids is 18. The van der Waals surface area contributed by atoms with Crippen LogP contribution in [0.4, 0.5) is 0 Å². The first-order valence-corrected chi connectivity index (χ1v) is 19.9. The molecule has 26 nitrogen and oxygen atoms in total. The number of aliphatic carboxylic acids is 8. The maximum atomic E-state index is 8.89. The van der Waals surface area contributed by atoms with Crippen molar-refractivity contribution in [2.45, 2.75) is 134 Å². The Morgan fingerprint density at radius 1 is 0.257 bits per heavy atom. The molecule has 0 aliphatic carbocycles. The normalized spacial score (nSPS) is 6.34. The third-order valence-corrected chi connectivity index (χ3v) is 9.00. The van der Waals surface area contributed by atoms with Crippen LogP contribution in [0.15, 0.2) is 0 Å². The van der Waals surface area contributed by atoms with Gasteiger partial charge in [0.2, 0.25) is 0 Å². The van der Waals surface area contributed by atoms with Crippen molar-refractivity contribution in [3.05, 3.63) is 0 Å². The van der Waals surface area contributed by atoms with E-state index in [1.54, 1.807) is 24.6 Å². The van der Waals surface area contributed by atoms with Gasteiger partial charge in [0.1, 0.15) is 0 Å². The van der Waals surface area contributed by atoms with Crippen LogP contribution in [0.5, 0.6) is 0 Å². The van der Waals surface area contributed by atoms with E-state index < -0.39 is 55.0 Å². The minimum Gasteiger partial charge on any atom is -0.550 e. The molecule has 0 atom stereocenters. The van der Waals surface area contributed by atoms with Crippen molar-refractivity contribution in [1.29, 1.82) is 0 Å². The van der Waals surface area contributed by atoms with Crippen LogP contribution in [0, 0.1) is 0 Å². The SMILES string of the molecule is CC(=O)[O-].CC(=O)[O-].CC(=O)[O-].CC(=O)[O-].CC(=O)[O-].CC(=O)[O-].CC(=O)[O-].CC(=O)[O-].CCCC[P+](CCCC)(CCCC)CCCC.[C]=O.[C]=O.[C]=O.[C]=O.[C]=O.[C]=O.[C]=O.[C]=O.[C]=O.[C]=O.[Re+7]. The first-order chi connectivity index (χ1) is 32.1. The predicted octanol–water partition coefficient (Wildman–Crippen LogP) is -7.72. The van der Waals surface area contributed by atoms with E-state index in [-0.39, 0.29) is 20.4 Å². The summed E-state index contributed by atoms with van der Waals surface area (Å²) in [5.41, 5.74) is 0. The van der Waals surface area contributed by atoms with Gasteiger partial charge in [0.15, 0.2) is 0 Å². The number of unbranched alkanes of at least 4 members (excludes halogenated alkanes) is 4. The number of rotatable bonds is 12. The molecule has 0 aromatic carbocycles. The Morgan fingerprint density at radius 3 is 0.357 bits per heavy atom. The fourth-order valence-corrected chi connectivity index (χ4v) is 7.93. The number of carboxylic acid groups (broad SMARTS) is 8. The van der Waals surface area contributed by atoms with Gasteiger partial charge in [0.05, 0.1) is 24.6 Å². The molecule has 0 rings (SSSR count). The Labute approximate surface area is 428 Å². The summed E-state index contributed by atoms with van der Waals surface area (Å²) in [7, 11) is -0.562. The van der Waals surface area contributed by atoms with E-state index in [1.807, 2.05) is 0 Å². The molecule has 0 unspecified atom stereocenters. The topological polar surface area (TPSA) is 492 Å². The molecule has 0 heterocycles. The van der Waals surface area contributed by atoms with Gasteiger partial charge >= 0.3 is 20.4 Å². The van der Waals surface area contributed by atoms with Crippen LogP contribution in [-0.4, -0.2) is 140 Å². The predicted molar refractivity (Wildman–Crippen MR) is 228 cm³/mol. The van der Waals surface area contributed by atoms with Crippen LogP contribution in [0.3, 0.4) is 0 Å². The number of carboxylic acids is 8. The molecule has 20 radical (unpaired) electrons. The monoisotopic (exact) mass is 1200 g/mol. The molecule has 0 amide bonds. The van der Waals surface area contributed by atoms with Crippen LogP contribution in [0.2, 0.25) is 0 Å². The van der Waals surface area contributed by atoms with Crippen molar-refractivity contribution < 1.29 is 148 Å². The zero-order chi connectivity index (χ0) is 61.6. The summed E-state index contributed by atoms with van der Waals surface area (Å²) in [6, 6.07) is 0. The minimum atomic E-state index is -1.08. The largest absolute Gasteiger partial charge is 7.00 e. The molecule has 396 valence electrons. The van der Waals surface area contributed by atoms with Crippen LogP contribution in [0.1, 0.15) is 134 Å². The Kier molecular flexibility index (Phi) is 351. The van der Waals surface area contributed by atoms with Crippen molar-refractivity contribution in [1.82, 2.24) is 0 Å². The molecule has 0 saturated carbocycles. The van der Waals surface area contributed by atoms with Crippen molar-refractivity contribution in [3.63, 3.8) is 0 Å². The summed E-state index contributed by atoms with van der Waals surface area (Å²) in [5.74, 6) is -8.67. The van der Waals surface area contributed by atoms with E-state index >= 15 is 0 Å². The summed E-state index contributed by atoms with van der Waals surface area (Å²) < 4.78 is 0. The van der Waals surface area contributed by atoms with Gasteiger partial charge in [-0.1, -0.05) is 53.4 Å². The molecule has 0 aromatic rings. The van der Waals surface area contributed by atoms with E-state index in [9.17, 15) is 0 Å². The molecule has 0 aliphatic rings. The first-order valence-electron chi connectivity index (χ1n) is 17.4. The number of hydrogen-bond acceptors (Lipinski definition) is 26. The Morgan fingerprint density at radius 2 is 0.314 bits per heavy atom. The second-order valence-corrected chi connectivity index (χ2v) is 14.1. The van der Waals surface area contributed by atoms with Crippen molar-refractivity contribution in [3.8, 4) is 0 Å². The molecule has 0 spiro atoms. The summed E-state index contributed by atoms with van der Waals surface area (Å²) in [5, 5.41) is 71.1. The van der Waals surface area contributed by atoms with E-state index in [4.69, 9.17) is 127 Å². The third kappa shape index (κ3) is 1230. The molecule has 0 bridgehead atoms. The summed E-state index contributed by atoms with van der Waals surface area (Å²) >= 11 is 0. The van der Waals surface area contributed by atoms with Gasteiger partial charge in [-0.05, 0) is 81.1 Å². The summed E-state index contributed by atoms with van der Waals surface area (Å²) in [6.45, 7) is 62.2. The molecule has 0 saturated heterocycles. The minimum absolute atomic E-state index is 0. The van der Waals surface area contributed by atoms with Crippen LogP contribution < -0.4 is 40.9 Å². The molecular weight excluding hydrogens is 1140 g/mol. The zero-order valence-electron chi connectivity index (χ0n) is 40.9. The van der Waals surface area contributed by atoms with E-state index in [2.05, 4.69) is 95.6 Å². The fraction of sp³-hybridized carbons (Fsp3) is 0.571. The van der Waals surface area contributed by atoms with Crippen LogP contribution in [-0.2, 0) is 107 Å². The van der Waals surface area contributed by atoms with Crippen molar-refractivity contribution in [2.75, 3.05) is 24.6 Å². The first kappa shape index (κ1) is 131. The van der Waals surface area contributed by atoms with Gasteiger partial charge < -0.3 is 79.2 Å². The number of hydrogen-bond donors (Lipinski definition) is 0. The molecule has 28 heteroatoms. The molecule has 0 aliphatic heterocycles. The van der Waals surface area contributed by atoms with E-state index in [0.29, 0.717) is 0 Å². The Hall–Kier alpha value is -6.45. The van der Waals surface area contributed by atoms with Gasteiger partial charge in [-0.25, -0.2) is 0 Å². The van der Waals surface area contributed by atoms with Gasteiger partial charge in [-0.3, -0.25) is 47.9 Å².